The highest BCUT2D eigenvalue weighted by molar-refractivity contribution is 6.07. The minimum Gasteiger partial charge on any atom is -0.381 e. The topological polar surface area (TPSA) is 137 Å². The number of piperidine rings is 1. The Morgan fingerprint density at radius 3 is 2.52 bits per heavy atom. The van der Waals surface area contributed by atoms with Crippen LogP contribution in [0.2, 0.25) is 0 Å². The van der Waals surface area contributed by atoms with Crippen LogP contribution in [0.5, 0.6) is 0 Å². The summed E-state index contributed by atoms with van der Waals surface area (Å²) < 4.78 is 7.58. The number of pyridine rings is 1. The van der Waals surface area contributed by atoms with Gasteiger partial charge < -0.3 is 9.64 Å². The molecule has 272 valence electrons. The number of Topliss-reactive ketones (excluding diaryl/α,β-unsaturated/α-hetero) is 3. The molecule has 0 N–H and O–H groups in total. The third-order valence-corrected chi connectivity index (χ3v) is 11.7. The average molecular weight is 705 g/mol. The molecule has 2 fully saturated rings. The van der Waals surface area contributed by atoms with Gasteiger partial charge in [0.2, 0.25) is 5.91 Å². The Balaban J connectivity index is 1.30. The summed E-state index contributed by atoms with van der Waals surface area (Å²) in [6.07, 6.45) is 9.49. The number of hydrogen-bond donors (Lipinski definition) is 0. The number of aromatic nitrogens is 5. The van der Waals surface area contributed by atoms with Crippen LogP contribution >= 0.6 is 0 Å². The van der Waals surface area contributed by atoms with Gasteiger partial charge >= 0.3 is 0 Å². The number of benzene rings is 1. The third-order valence-electron chi connectivity index (χ3n) is 11.7. The smallest absolute Gasteiger partial charge is 0.245 e. The highest BCUT2D eigenvalue weighted by atomic mass is 16.5. The SMILES string of the molecule is COC1CCC(=O)CC[C@@]23C[C@@H](C(=O)Cc4cccc(C)n4)N(C(=O)Cn4nc(C(C)=O)c5cc(-c6cnc(C)nc6)cc(c54)CCCC1C)[C@@H]2C3. The van der Waals surface area contributed by atoms with Crippen molar-refractivity contribution in [3.8, 4) is 11.1 Å². The van der Waals surface area contributed by atoms with E-state index < -0.39 is 6.04 Å². The summed E-state index contributed by atoms with van der Waals surface area (Å²) >= 11 is 0. The molecule has 2 bridgehead atoms. The van der Waals surface area contributed by atoms with E-state index in [4.69, 9.17) is 9.84 Å². The predicted octanol–water partition coefficient (Wildman–Crippen LogP) is 6.00. The summed E-state index contributed by atoms with van der Waals surface area (Å²) in [6.45, 7) is 7.30. The molecule has 0 radical (unpaired) electrons. The molecule has 3 aromatic heterocycles. The number of nitrogens with zero attached hydrogens (tertiary/aromatic N) is 6. The number of rotatable bonds is 6. The normalized spacial score (nSPS) is 25.4. The van der Waals surface area contributed by atoms with E-state index in [0.717, 1.165) is 47.2 Å². The largest absolute Gasteiger partial charge is 0.381 e. The zero-order valence-corrected chi connectivity index (χ0v) is 30.9. The van der Waals surface area contributed by atoms with Crippen molar-refractivity contribution in [3.05, 3.63) is 71.2 Å². The molecule has 1 saturated carbocycles. The molecule has 2 unspecified atom stereocenters. The van der Waals surface area contributed by atoms with E-state index in [1.807, 2.05) is 38.1 Å². The fourth-order valence-corrected chi connectivity index (χ4v) is 8.76. The Morgan fingerprint density at radius 1 is 1.00 bits per heavy atom. The molecule has 5 heterocycles. The van der Waals surface area contributed by atoms with Crippen molar-refractivity contribution in [3.63, 3.8) is 0 Å². The van der Waals surface area contributed by atoms with Crippen LogP contribution < -0.4 is 0 Å². The molecule has 1 saturated heterocycles. The van der Waals surface area contributed by atoms with Crippen LogP contribution in [0.15, 0.2) is 42.7 Å². The summed E-state index contributed by atoms with van der Waals surface area (Å²) in [6, 6.07) is 8.94. The second-order valence-corrected chi connectivity index (χ2v) is 15.4. The minimum atomic E-state index is -0.619. The van der Waals surface area contributed by atoms with Crippen molar-refractivity contribution in [1.29, 1.82) is 0 Å². The van der Waals surface area contributed by atoms with Gasteiger partial charge in [-0.05, 0) is 106 Å². The van der Waals surface area contributed by atoms with Crippen LogP contribution in [0.1, 0.15) is 98.5 Å². The second kappa shape index (κ2) is 14.4. The van der Waals surface area contributed by atoms with E-state index >= 15 is 0 Å². The van der Waals surface area contributed by atoms with E-state index in [0.29, 0.717) is 61.1 Å². The lowest BCUT2D eigenvalue weighted by atomic mass is 9.89. The number of carbonyl (C=O) groups excluding carboxylic acids is 4. The number of hydrogen-bond acceptors (Lipinski definition) is 9. The van der Waals surface area contributed by atoms with Crippen molar-refractivity contribution in [2.24, 2.45) is 11.3 Å². The molecule has 52 heavy (non-hydrogen) atoms. The Kier molecular flexibility index (Phi) is 9.91. The molecule has 7 rings (SSSR count). The van der Waals surface area contributed by atoms with Crippen LogP contribution in [0.25, 0.3) is 22.0 Å². The fourth-order valence-electron chi connectivity index (χ4n) is 8.76. The van der Waals surface area contributed by atoms with Gasteiger partial charge in [-0.3, -0.25) is 28.8 Å². The van der Waals surface area contributed by atoms with Gasteiger partial charge in [-0.1, -0.05) is 13.0 Å². The second-order valence-electron chi connectivity index (χ2n) is 15.4. The van der Waals surface area contributed by atoms with Crippen LogP contribution in [0, 0.1) is 25.2 Å². The molecule has 11 heteroatoms. The van der Waals surface area contributed by atoms with Crippen molar-refractivity contribution in [2.75, 3.05) is 7.11 Å². The van der Waals surface area contributed by atoms with Gasteiger partial charge in [0.15, 0.2) is 11.6 Å². The Morgan fingerprint density at radius 2 is 1.79 bits per heavy atom. The fraction of sp³-hybridized carbons (Fsp3) is 0.512. The predicted molar refractivity (Wildman–Crippen MR) is 196 cm³/mol. The average Bonchev–Trinajstić information content (AvgIpc) is 3.52. The first-order chi connectivity index (χ1) is 25.0. The van der Waals surface area contributed by atoms with Gasteiger partial charge in [0, 0.05) is 67.6 Å². The van der Waals surface area contributed by atoms with Crippen molar-refractivity contribution >= 4 is 34.2 Å². The van der Waals surface area contributed by atoms with Gasteiger partial charge in [0.1, 0.15) is 23.8 Å². The van der Waals surface area contributed by atoms with Gasteiger partial charge in [0.05, 0.1) is 24.1 Å². The maximum absolute atomic E-state index is 14.6. The van der Waals surface area contributed by atoms with Crippen LogP contribution in [0.4, 0.5) is 0 Å². The van der Waals surface area contributed by atoms with E-state index in [9.17, 15) is 19.2 Å². The van der Waals surface area contributed by atoms with E-state index in [-0.39, 0.29) is 59.7 Å². The number of ether oxygens (including phenoxy) is 1. The summed E-state index contributed by atoms with van der Waals surface area (Å²) in [5, 5.41) is 5.48. The summed E-state index contributed by atoms with van der Waals surface area (Å²) in [5.41, 5.74) is 4.97. The molecule has 1 amide bonds. The van der Waals surface area contributed by atoms with Gasteiger partial charge in [0.25, 0.3) is 0 Å². The first-order valence-electron chi connectivity index (χ1n) is 18.6. The molecule has 11 nitrogen and oxygen atoms in total. The highest BCUT2D eigenvalue weighted by Gasteiger charge is 2.66. The number of ketones is 3. The first-order valence-corrected chi connectivity index (χ1v) is 18.6. The van der Waals surface area contributed by atoms with Gasteiger partial charge in [-0.2, -0.15) is 5.10 Å². The molecule has 1 aromatic carbocycles. The molecule has 4 aromatic rings. The van der Waals surface area contributed by atoms with E-state index in [2.05, 4.69) is 27.9 Å². The quantitative estimate of drug-likeness (QED) is 0.222. The maximum Gasteiger partial charge on any atom is 0.245 e. The van der Waals surface area contributed by atoms with Crippen molar-refractivity contribution in [1.82, 2.24) is 29.6 Å². The maximum atomic E-state index is 14.6. The van der Waals surface area contributed by atoms with Crippen LogP contribution in [-0.2, 0) is 38.5 Å². The van der Waals surface area contributed by atoms with Crippen LogP contribution in [-0.4, -0.2) is 78.2 Å². The number of carbonyl (C=O) groups is 4. The molecule has 3 aliphatic rings. The van der Waals surface area contributed by atoms with E-state index in [1.165, 1.54) is 6.92 Å². The zero-order chi connectivity index (χ0) is 36.7. The summed E-state index contributed by atoms with van der Waals surface area (Å²) in [5.74, 6) is 0.643. The lowest BCUT2D eigenvalue weighted by Gasteiger charge is -2.27. The molecule has 2 aliphatic heterocycles. The molecule has 0 spiro atoms. The van der Waals surface area contributed by atoms with Gasteiger partial charge in [-0.15, -0.1) is 0 Å². The summed E-state index contributed by atoms with van der Waals surface area (Å²) in [4.78, 5) is 70.1. The van der Waals surface area contributed by atoms with E-state index in [1.54, 1.807) is 29.1 Å². The Hall–Kier alpha value is -4.64. The highest BCUT2D eigenvalue weighted by Crippen LogP contribution is 2.62. The molecule has 5 atom stereocenters. The van der Waals surface area contributed by atoms with Gasteiger partial charge in [-0.25, -0.2) is 9.97 Å². The standard InChI is InChI=1S/C41H48N6O5/c1-24-8-6-10-28-16-29(30-21-42-27(4)43-22-30)17-33-39(26(3)48)45-46(40(28)33)23-38(51)47-34(35(50)18-31-11-7-9-25(2)44-31)19-41(20-37(41)47)15-14-32(49)12-13-36(24)52-5/h7,9,11,16-17,21-22,24,34,36-37H,6,8,10,12-15,18-20,23H2,1-5H3/t24?,34-,36?,37+,41-/m0/s1. The van der Waals surface area contributed by atoms with Crippen molar-refractivity contribution < 1.29 is 23.9 Å². The number of methoxy groups -OCH3 is 1. The zero-order valence-electron chi connectivity index (χ0n) is 30.9. The monoisotopic (exact) mass is 704 g/mol. The summed E-state index contributed by atoms with van der Waals surface area (Å²) in [7, 11) is 1.72. The lowest BCUT2D eigenvalue weighted by molar-refractivity contribution is -0.139. The minimum absolute atomic E-state index is 0.0441. The number of aryl methyl sites for hydroxylation is 3. The van der Waals surface area contributed by atoms with Crippen LogP contribution in [0.3, 0.4) is 0 Å². The Bertz CT molecular complexity index is 2040. The Labute approximate surface area is 304 Å². The number of amides is 1. The lowest BCUT2D eigenvalue weighted by Crippen LogP contribution is -2.45. The first kappa shape index (κ1) is 35.7. The third kappa shape index (κ3) is 7.07. The molecular formula is C41H48N6O5. The van der Waals surface area contributed by atoms with Crippen molar-refractivity contribution in [2.45, 2.75) is 117 Å². The molecular weight excluding hydrogens is 656 g/mol. The molecule has 1 aliphatic carbocycles.